The lowest BCUT2D eigenvalue weighted by atomic mass is 10.1. The Labute approximate surface area is 151 Å². The van der Waals surface area contributed by atoms with Crippen molar-refractivity contribution in [1.29, 1.82) is 0 Å². The van der Waals surface area contributed by atoms with Crippen LogP contribution in [0, 0.1) is 11.6 Å². The number of nitrogens with one attached hydrogen (secondary N) is 2. The molecule has 134 valence electrons. The molecule has 1 heterocycles. The van der Waals surface area contributed by atoms with Crippen molar-refractivity contribution < 1.29 is 23.5 Å². The lowest BCUT2D eigenvalue weighted by molar-refractivity contribution is -0.136. The van der Waals surface area contributed by atoms with Crippen LogP contribution < -0.4 is 10.6 Å². The number of halogens is 2. The van der Waals surface area contributed by atoms with Crippen molar-refractivity contribution in [2.75, 3.05) is 11.9 Å². The van der Waals surface area contributed by atoms with Crippen molar-refractivity contribution in [2.45, 2.75) is 6.10 Å². The second-order valence-corrected chi connectivity index (χ2v) is 6.40. The number of aliphatic hydroxyl groups excluding tert-OH is 1. The van der Waals surface area contributed by atoms with Crippen molar-refractivity contribution in [3.8, 4) is 0 Å². The van der Waals surface area contributed by atoms with Crippen LogP contribution in [0.3, 0.4) is 0 Å². The average Bonchev–Trinajstić information content (AvgIpc) is 3.06. The highest BCUT2D eigenvalue weighted by Crippen LogP contribution is 2.29. The number of carbonyl (C=O) groups excluding carboxylic acids is 2. The quantitative estimate of drug-likeness (QED) is 0.613. The molecule has 1 atom stereocenters. The van der Waals surface area contributed by atoms with Crippen LogP contribution in [0.2, 0.25) is 0 Å². The van der Waals surface area contributed by atoms with Gasteiger partial charge in [0.25, 0.3) is 0 Å². The van der Waals surface area contributed by atoms with Gasteiger partial charge in [0.15, 0.2) is 0 Å². The Hall–Kier alpha value is -2.84. The van der Waals surface area contributed by atoms with Gasteiger partial charge in [-0.1, -0.05) is 18.2 Å². The number of rotatable bonds is 4. The molecule has 3 rings (SSSR count). The van der Waals surface area contributed by atoms with E-state index in [2.05, 4.69) is 5.32 Å². The van der Waals surface area contributed by atoms with Gasteiger partial charge in [0.1, 0.15) is 11.6 Å². The summed E-state index contributed by atoms with van der Waals surface area (Å²) in [5.74, 6) is -3.83. The van der Waals surface area contributed by atoms with Crippen LogP contribution in [0.15, 0.2) is 47.8 Å². The first kappa shape index (κ1) is 18.0. The van der Waals surface area contributed by atoms with E-state index in [1.807, 2.05) is 29.6 Å². The molecule has 0 unspecified atom stereocenters. The van der Waals surface area contributed by atoms with E-state index in [-0.39, 0.29) is 6.54 Å². The van der Waals surface area contributed by atoms with Gasteiger partial charge < -0.3 is 15.7 Å². The number of fused-ring (bicyclic) bond motifs is 1. The van der Waals surface area contributed by atoms with Gasteiger partial charge in [-0.3, -0.25) is 9.59 Å². The van der Waals surface area contributed by atoms with Crippen molar-refractivity contribution in [3.63, 3.8) is 0 Å². The van der Waals surface area contributed by atoms with Crippen LogP contribution in [-0.2, 0) is 9.59 Å². The van der Waals surface area contributed by atoms with Crippen molar-refractivity contribution >= 4 is 38.9 Å². The number of hydrogen-bond acceptors (Lipinski definition) is 4. The lowest BCUT2D eigenvalue weighted by Crippen LogP contribution is -2.37. The summed E-state index contributed by atoms with van der Waals surface area (Å²) in [4.78, 5) is 23.6. The van der Waals surface area contributed by atoms with Crippen LogP contribution in [0.4, 0.5) is 14.5 Å². The fourth-order valence-electron chi connectivity index (χ4n) is 2.41. The summed E-state index contributed by atoms with van der Waals surface area (Å²) in [5.41, 5.74) is 0.206. The Morgan fingerprint density at radius 3 is 2.69 bits per heavy atom. The maximum Gasteiger partial charge on any atom is 0.313 e. The molecule has 26 heavy (non-hydrogen) atoms. The summed E-state index contributed by atoms with van der Waals surface area (Å²) in [6.07, 6.45) is -1.01. The fourth-order valence-corrected chi connectivity index (χ4v) is 3.42. The minimum atomic E-state index is -1.16. The molecule has 0 saturated carbocycles. The molecule has 0 radical (unpaired) electrons. The van der Waals surface area contributed by atoms with Gasteiger partial charge in [0.05, 0.1) is 11.8 Å². The van der Waals surface area contributed by atoms with E-state index < -0.39 is 35.2 Å². The first-order chi connectivity index (χ1) is 12.5. The topological polar surface area (TPSA) is 78.4 Å². The SMILES string of the molecule is O=C(NC[C@@H](O)c1csc2ccccc12)C(=O)Nc1cc(F)ccc1F. The van der Waals surface area contributed by atoms with Gasteiger partial charge in [-0.2, -0.15) is 0 Å². The molecule has 0 aliphatic carbocycles. The average molecular weight is 376 g/mol. The van der Waals surface area contributed by atoms with Crippen molar-refractivity contribution in [3.05, 3.63) is 65.0 Å². The minimum Gasteiger partial charge on any atom is -0.387 e. The third-order valence-corrected chi connectivity index (χ3v) is 4.69. The molecule has 0 fully saturated rings. The van der Waals surface area contributed by atoms with Gasteiger partial charge in [-0.05, 0) is 29.0 Å². The normalized spacial score (nSPS) is 12.0. The number of hydrogen-bond donors (Lipinski definition) is 3. The summed E-state index contributed by atoms with van der Waals surface area (Å²) >= 11 is 1.46. The Bertz CT molecular complexity index is 974. The van der Waals surface area contributed by atoms with E-state index in [0.29, 0.717) is 5.56 Å². The number of carbonyl (C=O) groups is 2. The number of anilines is 1. The van der Waals surface area contributed by atoms with Crippen LogP contribution in [0.5, 0.6) is 0 Å². The highest BCUT2D eigenvalue weighted by molar-refractivity contribution is 7.17. The van der Waals surface area contributed by atoms with Crippen LogP contribution in [0.1, 0.15) is 11.7 Å². The number of benzene rings is 2. The Morgan fingerprint density at radius 1 is 1.12 bits per heavy atom. The fraction of sp³-hybridized carbons (Fsp3) is 0.111. The minimum absolute atomic E-state index is 0.196. The predicted molar refractivity (Wildman–Crippen MR) is 94.8 cm³/mol. The summed E-state index contributed by atoms with van der Waals surface area (Å²) in [7, 11) is 0. The number of aliphatic hydroxyl groups is 1. The Balaban J connectivity index is 1.61. The number of amides is 2. The molecule has 5 nitrogen and oxygen atoms in total. The monoisotopic (exact) mass is 376 g/mol. The highest BCUT2D eigenvalue weighted by atomic mass is 32.1. The van der Waals surface area contributed by atoms with E-state index in [1.54, 1.807) is 5.38 Å². The van der Waals surface area contributed by atoms with E-state index in [0.717, 1.165) is 28.3 Å². The van der Waals surface area contributed by atoms with E-state index in [9.17, 15) is 23.5 Å². The van der Waals surface area contributed by atoms with Gasteiger partial charge in [-0.25, -0.2) is 8.78 Å². The van der Waals surface area contributed by atoms with Gasteiger partial charge >= 0.3 is 11.8 Å². The molecule has 0 aliphatic rings. The van der Waals surface area contributed by atoms with E-state index in [4.69, 9.17) is 0 Å². The molecule has 3 N–H and O–H groups in total. The van der Waals surface area contributed by atoms with Crippen LogP contribution >= 0.6 is 11.3 Å². The van der Waals surface area contributed by atoms with Gasteiger partial charge in [-0.15, -0.1) is 11.3 Å². The first-order valence-electron chi connectivity index (χ1n) is 7.64. The summed E-state index contributed by atoms with van der Waals surface area (Å²) in [6.45, 7) is -0.196. The summed E-state index contributed by atoms with van der Waals surface area (Å²) < 4.78 is 27.6. The second kappa shape index (κ2) is 7.59. The molecule has 2 amide bonds. The molecule has 8 heteroatoms. The van der Waals surface area contributed by atoms with Crippen molar-refractivity contribution in [1.82, 2.24) is 5.32 Å². The van der Waals surface area contributed by atoms with E-state index in [1.165, 1.54) is 11.3 Å². The molecule has 0 aliphatic heterocycles. The predicted octanol–water partition coefficient (Wildman–Crippen LogP) is 2.97. The third kappa shape index (κ3) is 3.87. The van der Waals surface area contributed by atoms with E-state index >= 15 is 0 Å². The zero-order chi connectivity index (χ0) is 18.7. The Morgan fingerprint density at radius 2 is 1.88 bits per heavy atom. The van der Waals surface area contributed by atoms with Crippen molar-refractivity contribution in [2.24, 2.45) is 0 Å². The zero-order valence-electron chi connectivity index (χ0n) is 13.3. The maximum atomic E-state index is 13.5. The molecule has 2 aromatic carbocycles. The molecule has 1 aromatic heterocycles. The third-order valence-electron chi connectivity index (χ3n) is 3.71. The molecular formula is C18H14F2N2O3S. The molecular weight excluding hydrogens is 362 g/mol. The maximum absolute atomic E-state index is 13.5. The summed E-state index contributed by atoms with van der Waals surface area (Å²) in [5, 5.41) is 17.2. The molecule has 0 spiro atoms. The largest absolute Gasteiger partial charge is 0.387 e. The van der Waals surface area contributed by atoms with Gasteiger partial charge in [0, 0.05) is 22.9 Å². The standard InChI is InChI=1S/C18H14F2N2O3S/c19-10-5-6-13(20)14(7-10)22-18(25)17(24)21-8-15(23)12-9-26-16-4-2-1-3-11(12)16/h1-7,9,15,23H,8H2,(H,21,24)(H,22,25)/t15-/m1/s1. The first-order valence-corrected chi connectivity index (χ1v) is 8.52. The lowest BCUT2D eigenvalue weighted by Gasteiger charge is -2.12. The van der Waals surface area contributed by atoms with Crippen LogP contribution in [0.25, 0.3) is 10.1 Å². The molecule has 3 aromatic rings. The molecule has 0 saturated heterocycles. The second-order valence-electron chi connectivity index (χ2n) is 5.49. The van der Waals surface area contributed by atoms with Crippen LogP contribution in [-0.4, -0.2) is 23.5 Å². The van der Waals surface area contributed by atoms with Gasteiger partial charge in [0.2, 0.25) is 0 Å². The summed E-state index contributed by atoms with van der Waals surface area (Å²) in [6, 6.07) is 9.99. The Kier molecular flexibility index (Phi) is 5.24. The highest BCUT2D eigenvalue weighted by Gasteiger charge is 2.19. The molecule has 0 bridgehead atoms. The zero-order valence-corrected chi connectivity index (χ0v) is 14.1. The smallest absolute Gasteiger partial charge is 0.313 e. The number of thiophene rings is 1.